The van der Waals surface area contributed by atoms with Gasteiger partial charge < -0.3 is 15.2 Å². The van der Waals surface area contributed by atoms with Crippen molar-refractivity contribution in [3.8, 4) is 5.75 Å². The van der Waals surface area contributed by atoms with Gasteiger partial charge in [-0.25, -0.2) is 0 Å². The predicted molar refractivity (Wildman–Crippen MR) is 77.7 cm³/mol. The smallest absolute Gasteiger partial charge is 0.119 e. The van der Waals surface area contributed by atoms with Crippen LogP contribution in [0.4, 0.5) is 0 Å². The average molecular weight is 263 g/mol. The van der Waals surface area contributed by atoms with Gasteiger partial charge in [0.1, 0.15) is 12.4 Å². The van der Waals surface area contributed by atoms with Crippen LogP contribution in [-0.4, -0.2) is 29.9 Å². The SMILES string of the molecule is CC(C)c1cccc(OCC(C)(CO)NC2CC2)c1. The summed E-state index contributed by atoms with van der Waals surface area (Å²) in [6, 6.07) is 8.75. The molecule has 1 aromatic carbocycles. The second-order valence-electron chi connectivity index (χ2n) is 6.15. The van der Waals surface area contributed by atoms with E-state index in [1.807, 2.05) is 19.1 Å². The van der Waals surface area contributed by atoms with E-state index in [2.05, 4.69) is 31.3 Å². The summed E-state index contributed by atoms with van der Waals surface area (Å²) in [6.07, 6.45) is 2.41. The van der Waals surface area contributed by atoms with E-state index in [-0.39, 0.29) is 12.1 Å². The van der Waals surface area contributed by atoms with E-state index in [1.54, 1.807) is 0 Å². The molecular formula is C16H25NO2. The second kappa shape index (κ2) is 5.93. The summed E-state index contributed by atoms with van der Waals surface area (Å²) in [5.74, 6) is 1.38. The molecule has 2 N–H and O–H groups in total. The van der Waals surface area contributed by atoms with Gasteiger partial charge >= 0.3 is 0 Å². The van der Waals surface area contributed by atoms with Gasteiger partial charge in [-0.15, -0.1) is 0 Å². The first-order valence-corrected chi connectivity index (χ1v) is 7.14. The number of hydrogen-bond donors (Lipinski definition) is 2. The summed E-state index contributed by atoms with van der Waals surface area (Å²) in [4.78, 5) is 0. The highest BCUT2D eigenvalue weighted by molar-refractivity contribution is 5.30. The van der Waals surface area contributed by atoms with Crippen LogP contribution in [0.25, 0.3) is 0 Å². The van der Waals surface area contributed by atoms with E-state index in [0.29, 0.717) is 18.6 Å². The zero-order valence-electron chi connectivity index (χ0n) is 12.1. The minimum atomic E-state index is -0.352. The van der Waals surface area contributed by atoms with Crippen molar-refractivity contribution in [1.29, 1.82) is 0 Å². The molecule has 1 atom stereocenters. The Balaban J connectivity index is 1.94. The maximum Gasteiger partial charge on any atom is 0.119 e. The summed E-state index contributed by atoms with van der Waals surface area (Å²) in [6.45, 7) is 6.93. The number of benzene rings is 1. The molecule has 0 saturated heterocycles. The monoisotopic (exact) mass is 263 g/mol. The molecule has 2 rings (SSSR count). The Kier molecular flexibility index (Phi) is 4.48. The third-order valence-corrected chi connectivity index (χ3v) is 3.56. The van der Waals surface area contributed by atoms with Crippen LogP contribution in [0.15, 0.2) is 24.3 Å². The van der Waals surface area contributed by atoms with E-state index in [1.165, 1.54) is 18.4 Å². The van der Waals surface area contributed by atoms with Crippen molar-refractivity contribution in [2.24, 2.45) is 0 Å². The van der Waals surface area contributed by atoms with Gasteiger partial charge in [-0.1, -0.05) is 26.0 Å². The largest absolute Gasteiger partial charge is 0.492 e. The van der Waals surface area contributed by atoms with Crippen molar-refractivity contribution >= 4 is 0 Å². The van der Waals surface area contributed by atoms with Gasteiger partial charge in [-0.3, -0.25) is 0 Å². The first-order chi connectivity index (χ1) is 9.02. The van der Waals surface area contributed by atoms with E-state index < -0.39 is 0 Å². The van der Waals surface area contributed by atoms with Gasteiger partial charge in [0.05, 0.1) is 12.1 Å². The number of hydrogen-bond acceptors (Lipinski definition) is 3. The summed E-state index contributed by atoms with van der Waals surface area (Å²) < 4.78 is 5.86. The summed E-state index contributed by atoms with van der Waals surface area (Å²) in [7, 11) is 0. The Morgan fingerprint density at radius 2 is 2.16 bits per heavy atom. The van der Waals surface area contributed by atoms with Crippen molar-refractivity contribution in [3.63, 3.8) is 0 Å². The maximum atomic E-state index is 9.54. The van der Waals surface area contributed by atoms with Crippen LogP contribution in [0.1, 0.15) is 45.1 Å². The standard InChI is InChI=1S/C16H25NO2/c1-12(2)13-5-4-6-15(9-13)19-11-16(3,10-18)17-14-7-8-14/h4-6,9,12,14,17-18H,7-8,10-11H2,1-3H3. The molecule has 0 aromatic heterocycles. The topological polar surface area (TPSA) is 41.5 Å². The van der Waals surface area contributed by atoms with E-state index >= 15 is 0 Å². The number of nitrogens with one attached hydrogen (secondary N) is 1. The van der Waals surface area contributed by atoms with Crippen molar-refractivity contribution in [1.82, 2.24) is 5.32 Å². The summed E-state index contributed by atoms with van der Waals surface area (Å²) in [5, 5.41) is 13.0. The second-order valence-corrected chi connectivity index (χ2v) is 6.15. The lowest BCUT2D eigenvalue weighted by atomic mass is 10.0. The zero-order chi connectivity index (χ0) is 13.9. The van der Waals surface area contributed by atoms with E-state index in [9.17, 15) is 5.11 Å². The van der Waals surface area contributed by atoms with Gasteiger partial charge in [0, 0.05) is 6.04 Å². The highest BCUT2D eigenvalue weighted by atomic mass is 16.5. The van der Waals surface area contributed by atoms with Gasteiger partial charge in [0.15, 0.2) is 0 Å². The van der Waals surface area contributed by atoms with Gasteiger partial charge in [0.2, 0.25) is 0 Å². The molecule has 1 unspecified atom stereocenters. The highest BCUT2D eigenvalue weighted by Gasteiger charge is 2.32. The van der Waals surface area contributed by atoms with Crippen LogP contribution in [-0.2, 0) is 0 Å². The Morgan fingerprint density at radius 1 is 1.42 bits per heavy atom. The van der Waals surface area contributed by atoms with Crippen LogP contribution in [0.3, 0.4) is 0 Å². The summed E-state index contributed by atoms with van der Waals surface area (Å²) in [5.41, 5.74) is 0.924. The molecule has 0 spiro atoms. The van der Waals surface area contributed by atoms with Crippen molar-refractivity contribution in [2.45, 2.75) is 51.1 Å². The van der Waals surface area contributed by atoms with E-state index in [4.69, 9.17) is 4.74 Å². The number of aliphatic hydroxyl groups excluding tert-OH is 1. The average Bonchev–Trinajstić information content (AvgIpc) is 3.20. The lowest BCUT2D eigenvalue weighted by Crippen LogP contribution is -2.51. The first kappa shape index (κ1) is 14.4. The predicted octanol–water partition coefficient (Wildman–Crippen LogP) is 2.69. The number of rotatable bonds is 7. The van der Waals surface area contributed by atoms with Crippen LogP contribution in [0.2, 0.25) is 0 Å². The normalized spacial score (nSPS) is 18.4. The Bertz CT molecular complexity index is 415. The molecule has 0 heterocycles. The Hall–Kier alpha value is -1.06. The molecule has 1 aliphatic rings. The fourth-order valence-electron chi connectivity index (χ4n) is 2.06. The van der Waals surface area contributed by atoms with E-state index in [0.717, 1.165) is 5.75 Å². The van der Waals surface area contributed by atoms with Gasteiger partial charge in [-0.2, -0.15) is 0 Å². The third-order valence-electron chi connectivity index (χ3n) is 3.56. The molecular weight excluding hydrogens is 238 g/mol. The molecule has 3 heteroatoms. The quantitative estimate of drug-likeness (QED) is 0.794. The molecule has 0 bridgehead atoms. The Morgan fingerprint density at radius 3 is 2.74 bits per heavy atom. The molecule has 0 radical (unpaired) electrons. The maximum absolute atomic E-state index is 9.54. The molecule has 0 aliphatic heterocycles. The highest BCUT2D eigenvalue weighted by Crippen LogP contribution is 2.24. The minimum Gasteiger partial charge on any atom is -0.492 e. The van der Waals surface area contributed by atoms with Crippen LogP contribution >= 0.6 is 0 Å². The van der Waals surface area contributed by atoms with Gasteiger partial charge in [0.25, 0.3) is 0 Å². The van der Waals surface area contributed by atoms with Gasteiger partial charge in [-0.05, 0) is 43.4 Å². The molecule has 106 valence electrons. The molecule has 0 amide bonds. The molecule has 19 heavy (non-hydrogen) atoms. The lowest BCUT2D eigenvalue weighted by molar-refractivity contribution is 0.114. The van der Waals surface area contributed by atoms with Crippen molar-refractivity contribution < 1.29 is 9.84 Å². The molecule has 1 aromatic rings. The third kappa shape index (κ3) is 4.22. The zero-order valence-corrected chi connectivity index (χ0v) is 12.1. The molecule has 1 fully saturated rings. The minimum absolute atomic E-state index is 0.0906. The molecule has 1 aliphatic carbocycles. The molecule has 3 nitrogen and oxygen atoms in total. The van der Waals surface area contributed by atoms with Crippen LogP contribution in [0.5, 0.6) is 5.75 Å². The van der Waals surface area contributed by atoms with Crippen LogP contribution < -0.4 is 10.1 Å². The summed E-state index contributed by atoms with van der Waals surface area (Å²) >= 11 is 0. The fourth-order valence-corrected chi connectivity index (χ4v) is 2.06. The van der Waals surface area contributed by atoms with Crippen molar-refractivity contribution in [2.75, 3.05) is 13.2 Å². The fraction of sp³-hybridized carbons (Fsp3) is 0.625. The number of aliphatic hydroxyl groups is 1. The Labute approximate surface area is 116 Å². The first-order valence-electron chi connectivity index (χ1n) is 7.14. The number of ether oxygens (including phenoxy) is 1. The van der Waals surface area contributed by atoms with Crippen LogP contribution in [0, 0.1) is 0 Å². The lowest BCUT2D eigenvalue weighted by Gasteiger charge is -2.29. The van der Waals surface area contributed by atoms with Crippen molar-refractivity contribution in [3.05, 3.63) is 29.8 Å². The molecule has 1 saturated carbocycles.